The summed E-state index contributed by atoms with van der Waals surface area (Å²) in [4.78, 5) is 38.8. The van der Waals surface area contributed by atoms with Gasteiger partial charge in [0.05, 0.1) is 13.2 Å². The first kappa shape index (κ1) is 21.9. The predicted molar refractivity (Wildman–Crippen MR) is 120 cm³/mol. The molecular formula is C25H29N3O4. The topological polar surface area (TPSA) is 87.7 Å². The highest BCUT2D eigenvalue weighted by Gasteiger charge is 2.37. The number of hydrogen-bond acceptors (Lipinski definition) is 4. The van der Waals surface area contributed by atoms with Gasteiger partial charge in [-0.05, 0) is 60.9 Å². The van der Waals surface area contributed by atoms with Gasteiger partial charge in [0, 0.05) is 13.0 Å². The molecule has 0 spiro atoms. The second-order valence-electron chi connectivity index (χ2n) is 8.34. The van der Waals surface area contributed by atoms with Crippen molar-refractivity contribution in [2.75, 3.05) is 13.7 Å². The van der Waals surface area contributed by atoms with Crippen molar-refractivity contribution in [3.05, 3.63) is 65.2 Å². The summed E-state index contributed by atoms with van der Waals surface area (Å²) in [6, 6.07) is 14.7. The zero-order chi connectivity index (χ0) is 22.5. The number of ether oxygens (including phenoxy) is 1. The highest BCUT2D eigenvalue weighted by Crippen LogP contribution is 2.29. The van der Waals surface area contributed by atoms with Crippen molar-refractivity contribution in [3.8, 4) is 5.75 Å². The van der Waals surface area contributed by atoms with Crippen LogP contribution in [0.4, 0.5) is 4.79 Å². The number of aryl methyl sites for hydroxylation is 1. The molecule has 2 aromatic carbocycles. The van der Waals surface area contributed by atoms with Gasteiger partial charge >= 0.3 is 6.03 Å². The van der Waals surface area contributed by atoms with Crippen molar-refractivity contribution in [3.63, 3.8) is 0 Å². The number of imide groups is 1. The van der Waals surface area contributed by atoms with Gasteiger partial charge in [-0.1, -0.05) is 36.4 Å². The Labute approximate surface area is 188 Å². The lowest BCUT2D eigenvalue weighted by atomic mass is 9.87. The van der Waals surface area contributed by atoms with Crippen LogP contribution in [0, 0.1) is 0 Å². The number of fused-ring (bicyclic) bond motifs is 1. The number of carbonyl (C=O) groups excluding carboxylic acids is 3. The van der Waals surface area contributed by atoms with Gasteiger partial charge in [0.1, 0.15) is 11.8 Å². The standard InChI is InChI=1S/C25H29N3O4/c1-32-19-11-9-17(10-12-19)15-16-28-24(30)22(27-25(28)31)13-14-23(29)26-21-8-4-6-18-5-2-3-7-20(18)21/h2-3,5,7,9-12,21-22H,4,6,8,13-16H2,1H3,(H,26,29)(H,27,31). The Kier molecular flexibility index (Phi) is 6.73. The lowest BCUT2D eigenvalue weighted by Gasteiger charge is -2.26. The number of nitrogens with zero attached hydrogens (tertiary/aromatic N) is 1. The van der Waals surface area contributed by atoms with E-state index in [1.165, 1.54) is 16.0 Å². The fourth-order valence-electron chi connectivity index (χ4n) is 4.46. The molecule has 2 aliphatic rings. The van der Waals surface area contributed by atoms with Crippen LogP contribution in [0.2, 0.25) is 0 Å². The molecule has 7 nitrogen and oxygen atoms in total. The molecule has 1 heterocycles. The molecule has 0 aromatic heterocycles. The van der Waals surface area contributed by atoms with Gasteiger partial charge in [-0.3, -0.25) is 14.5 Å². The lowest BCUT2D eigenvalue weighted by Crippen LogP contribution is -2.35. The van der Waals surface area contributed by atoms with Crippen LogP contribution in [0.1, 0.15) is 48.4 Å². The van der Waals surface area contributed by atoms with Gasteiger partial charge in [-0.15, -0.1) is 0 Å². The molecule has 7 heteroatoms. The molecule has 1 aliphatic heterocycles. The van der Waals surface area contributed by atoms with E-state index < -0.39 is 12.1 Å². The van der Waals surface area contributed by atoms with Crippen molar-refractivity contribution in [2.24, 2.45) is 0 Å². The summed E-state index contributed by atoms with van der Waals surface area (Å²) in [5.74, 6) is 0.406. The summed E-state index contributed by atoms with van der Waals surface area (Å²) in [7, 11) is 1.61. The summed E-state index contributed by atoms with van der Waals surface area (Å²) in [6.45, 7) is 0.304. The summed E-state index contributed by atoms with van der Waals surface area (Å²) < 4.78 is 5.15. The minimum absolute atomic E-state index is 0.0160. The van der Waals surface area contributed by atoms with E-state index in [4.69, 9.17) is 4.74 Å². The number of carbonyl (C=O) groups is 3. The Morgan fingerprint density at radius 2 is 1.94 bits per heavy atom. The smallest absolute Gasteiger partial charge is 0.324 e. The fraction of sp³-hybridized carbons (Fsp3) is 0.400. The van der Waals surface area contributed by atoms with Crippen molar-refractivity contribution in [2.45, 2.75) is 50.6 Å². The average Bonchev–Trinajstić information content (AvgIpc) is 3.09. The predicted octanol–water partition coefficient (Wildman–Crippen LogP) is 3.13. The van der Waals surface area contributed by atoms with Crippen LogP contribution in [0.15, 0.2) is 48.5 Å². The van der Waals surface area contributed by atoms with Crippen LogP contribution < -0.4 is 15.4 Å². The highest BCUT2D eigenvalue weighted by molar-refractivity contribution is 6.04. The number of urea groups is 1. The second kappa shape index (κ2) is 9.85. The quantitative estimate of drug-likeness (QED) is 0.624. The molecule has 2 aromatic rings. The molecule has 1 fully saturated rings. The lowest BCUT2D eigenvalue weighted by molar-refractivity contribution is -0.127. The molecule has 32 heavy (non-hydrogen) atoms. The van der Waals surface area contributed by atoms with Crippen LogP contribution in [-0.2, 0) is 22.4 Å². The Hall–Kier alpha value is -3.35. The maximum absolute atomic E-state index is 12.7. The van der Waals surface area contributed by atoms with Crippen LogP contribution >= 0.6 is 0 Å². The van der Waals surface area contributed by atoms with Crippen LogP contribution in [0.5, 0.6) is 5.75 Å². The van der Waals surface area contributed by atoms with Crippen molar-refractivity contribution >= 4 is 17.8 Å². The highest BCUT2D eigenvalue weighted by atomic mass is 16.5. The third kappa shape index (κ3) is 4.93. The molecule has 168 valence electrons. The molecule has 1 aliphatic carbocycles. The van der Waals surface area contributed by atoms with Crippen molar-refractivity contribution in [1.82, 2.24) is 15.5 Å². The van der Waals surface area contributed by atoms with E-state index in [0.29, 0.717) is 19.4 Å². The Morgan fingerprint density at radius 1 is 1.16 bits per heavy atom. The third-order valence-corrected chi connectivity index (χ3v) is 6.25. The minimum Gasteiger partial charge on any atom is -0.497 e. The molecule has 0 bridgehead atoms. The van der Waals surface area contributed by atoms with Gasteiger partial charge in [-0.25, -0.2) is 4.79 Å². The van der Waals surface area contributed by atoms with Gasteiger partial charge in [0.25, 0.3) is 5.91 Å². The van der Waals surface area contributed by atoms with Crippen LogP contribution in [0.25, 0.3) is 0 Å². The number of methoxy groups -OCH3 is 1. The fourth-order valence-corrected chi connectivity index (χ4v) is 4.46. The molecule has 1 saturated heterocycles. The zero-order valence-electron chi connectivity index (χ0n) is 18.3. The van der Waals surface area contributed by atoms with Gasteiger partial charge in [0.15, 0.2) is 0 Å². The van der Waals surface area contributed by atoms with E-state index >= 15 is 0 Å². The zero-order valence-corrected chi connectivity index (χ0v) is 18.3. The Morgan fingerprint density at radius 3 is 2.72 bits per heavy atom. The first-order valence-corrected chi connectivity index (χ1v) is 11.2. The first-order chi connectivity index (χ1) is 15.5. The SMILES string of the molecule is COc1ccc(CCN2C(=O)NC(CCC(=O)NC3CCCc4ccccc43)C2=O)cc1. The normalized spacial score (nSPS) is 20.0. The summed E-state index contributed by atoms with van der Waals surface area (Å²) in [5, 5.41) is 5.83. The second-order valence-corrected chi connectivity index (χ2v) is 8.34. The largest absolute Gasteiger partial charge is 0.497 e. The summed E-state index contributed by atoms with van der Waals surface area (Å²) in [6.07, 6.45) is 4.06. The van der Waals surface area contributed by atoms with E-state index in [9.17, 15) is 14.4 Å². The van der Waals surface area contributed by atoms with Crippen LogP contribution in [0.3, 0.4) is 0 Å². The molecule has 0 saturated carbocycles. The Balaban J connectivity index is 1.26. The number of hydrogen-bond donors (Lipinski definition) is 2. The van der Waals surface area contributed by atoms with Gasteiger partial charge < -0.3 is 15.4 Å². The summed E-state index contributed by atoms with van der Waals surface area (Å²) >= 11 is 0. The average molecular weight is 436 g/mol. The summed E-state index contributed by atoms with van der Waals surface area (Å²) in [5.41, 5.74) is 3.49. The van der Waals surface area contributed by atoms with E-state index in [-0.39, 0.29) is 24.3 Å². The van der Waals surface area contributed by atoms with E-state index in [0.717, 1.165) is 30.6 Å². The van der Waals surface area contributed by atoms with Gasteiger partial charge in [0.2, 0.25) is 5.91 Å². The number of amides is 4. The number of nitrogens with one attached hydrogen (secondary N) is 2. The Bertz CT molecular complexity index is 989. The maximum atomic E-state index is 12.7. The van der Waals surface area contributed by atoms with E-state index in [1.807, 2.05) is 36.4 Å². The molecule has 2 unspecified atom stereocenters. The molecule has 4 rings (SSSR count). The minimum atomic E-state index is -0.650. The molecule has 2 atom stereocenters. The number of rotatable bonds is 8. The molecule has 0 radical (unpaired) electrons. The molecule has 2 N–H and O–H groups in total. The van der Waals surface area contributed by atoms with Crippen LogP contribution in [-0.4, -0.2) is 42.4 Å². The monoisotopic (exact) mass is 435 g/mol. The van der Waals surface area contributed by atoms with E-state index in [1.54, 1.807) is 7.11 Å². The third-order valence-electron chi connectivity index (χ3n) is 6.25. The van der Waals surface area contributed by atoms with Crippen molar-refractivity contribution in [1.29, 1.82) is 0 Å². The first-order valence-electron chi connectivity index (χ1n) is 11.2. The van der Waals surface area contributed by atoms with Crippen molar-refractivity contribution < 1.29 is 19.1 Å². The number of benzene rings is 2. The van der Waals surface area contributed by atoms with Gasteiger partial charge in [-0.2, -0.15) is 0 Å². The van der Waals surface area contributed by atoms with E-state index in [2.05, 4.69) is 22.8 Å². The molecule has 4 amide bonds. The maximum Gasteiger partial charge on any atom is 0.324 e. The molecular weight excluding hydrogens is 406 g/mol.